The number of carbonyl (C=O) groups is 1. The van der Waals surface area contributed by atoms with Crippen molar-refractivity contribution in [1.29, 1.82) is 0 Å². The van der Waals surface area contributed by atoms with Crippen molar-refractivity contribution in [3.8, 4) is 17.0 Å². The summed E-state index contributed by atoms with van der Waals surface area (Å²) >= 11 is 0. The number of imidazole rings is 1. The summed E-state index contributed by atoms with van der Waals surface area (Å²) in [6.45, 7) is 7.69. The van der Waals surface area contributed by atoms with Gasteiger partial charge in [-0.1, -0.05) is 29.8 Å². The van der Waals surface area contributed by atoms with E-state index in [9.17, 15) is 4.79 Å². The Kier molecular flexibility index (Phi) is 5.03. The van der Waals surface area contributed by atoms with Gasteiger partial charge in [-0.15, -0.1) is 0 Å². The summed E-state index contributed by atoms with van der Waals surface area (Å²) in [5.74, 6) is 2.16. The Bertz CT molecular complexity index is 985. The molecule has 0 saturated carbocycles. The van der Waals surface area contributed by atoms with Crippen molar-refractivity contribution in [2.24, 2.45) is 0 Å². The molecule has 0 amide bonds. The molecule has 1 aliphatic rings. The lowest BCUT2D eigenvalue weighted by molar-refractivity contribution is -0.710. The fraction of sp³-hybridized carbons (Fsp3) is 0.333. The van der Waals surface area contributed by atoms with E-state index in [1.165, 1.54) is 22.6 Å². The van der Waals surface area contributed by atoms with E-state index in [2.05, 4.69) is 46.5 Å². The van der Waals surface area contributed by atoms with E-state index in [0.29, 0.717) is 6.61 Å². The van der Waals surface area contributed by atoms with Crippen LogP contribution >= 0.6 is 0 Å². The number of Topliss-reactive ketones (excluding diaryl/α,β-unsaturated/α-hetero) is 1. The topological polar surface area (TPSA) is 35.1 Å². The van der Waals surface area contributed by atoms with Crippen LogP contribution in [0.3, 0.4) is 0 Å². The third-order valence-electron chi connectivity index (χ3n) is 5.54. The third kappa shape index (κ3) is 3.35. The zero-order valence-electron chi connectivity index (χ0n) is 16.8. The molecule has 4 nitrogen and oxygen atoms in total. The van der Waals surface area contributed by atoms with Crippen LogP contribution in [0.1, 0.15) is 48.1 Å². The van der Waals surface area contributed by atoms with Gasteiger partial charge in [0.1, 0.15) is 11.9 Å². The predicted molar refractivity (Wildman–Crippen MR) is 110 cm³/mol. The molecule has 2 heterocycles. The highest BCUT2D eigenvalue weighted by molar-refractivity contribution is 5.97. The minimum Gasteiger partial charge on any atom is -0.494 e. The molecule has 0 fully saturated rings. The van der Waals surface area contributed by atoms with E-state index in [-0.39, 0.29) is 11.8 Å². The Morgan fingerprint density at radius 1 is 1.14 bits per heavy atom. The summed E-state index contributed by atoms with van der Waals surface area (Å²) in [4.78, 5) is 13.1. The van der Waals surface area contributed by atoms with Crippen LogP contribution in [-0.2, 0) is 13.0 Å². The average molecular weight is 375 g/mol. The van der Waals surface area contributed by atoms with Crippen LogP contribution in [0.2, 0.25) is 0 Å². The molecule has 0 spiro atoms. The molecule has 1 atom stereocenters. The number of ether oxygens (including phenoxy) is 1. The summed E-state index contributed by atoms with van der Waals surface area (Å²) in [5, 5.41) is 0. The highest BCUT2D eigenvalue weighted by atomic mass is 16.5. The molecule has 4 heteroatoms. The molecule has 3 aromatic rings. The van der Waals surface area contributed by atoms with Gasteiger partial charge in [0.2, 0.25) is 5.78 Å². The van der Waals surface area contributed by atoms with Gasteiger partial charge in [0, 0.05) is 11.1 Å². The van der Waals surface area contributed by atoms with Gasteiger partial charge in [-0.3, -0.25) is 4.79 Å². The third-order valence-corrected chi connectivity index (χ3v) is 5.54. The standard InChI is InChI=1S/C24H27N2O2/c1-4-28-21-13-11-20(12-14-21)24(27)18(3)26-16-22(25-15-5-6-23(25)26)19-9-7-17(2)8-10-19/h7-14,16,18H,4-6,15H2,1-3H3/q+1/t18-/m1/s1. The summed E-state index contributed by atoms with van der Waals surface area (Å²) in [5.41, 5.74) is 4.37. The van der Waals surface area contributed by atoms with Crippen LogP contribution in [0, 0.1) is 6.92 Å². The minimum absolute atomic E-state index is 0.129. The van der Waals surface area contributed by atoms with Crippen molar-refractivity contribution in [3.05, 3.63) is 71.7 Å². The van der Waals surface area contributed by atoms with Gasteiger partial charge in [0.15, 0.2) is 11.7 Å². The van der Waals surface area contributed by atoms with Gasteiger partial charge in [-0.25, -0.2) is 9.13 Å². The van der Waals surface area contributed by atoms with Crippen LogP contribution in [0.25, 0.3) is 11.3 Å². The molecule has 4 rings (SSSR count). The number of fused-ring (bicyclic) bond motifs is 1. The number of nitrogens with zero attached hydrogens (tertiary/aromatic N) is 2. The summed E-state index contributed by atoms with van der Waals surface area (Å²) in [6, 6.07) is 15.8. The number of rotatable bonds is 6. The van der Waals surface area contributed by atoms with Gasteiger partial charge >= 0.3 is 0 Å². The maximum atomic E-state index is 13.1. The second kappa shape index (κ2) is 7.63. The predicted octanol–water partition coefficient (Wildman–Crippen LogP) is 4.54. The second-order valence-corrected chi connectivity index (χ2v) is 7.46. The number of benzene rings is 2. The zero-order valence-corrected chi connectivity index (χ0v) is 16.8. The first-order valence-electron chi connectivity index (χ1n) is 10.1. The largest absolute Gasteiger partial charge is 0.494 e. The first-order valence-corrected chi connectivity index (χ1v) is 10.1. The normalized spacial score (nSPS) is 14.0. The Hall–Kier alpha value is -2.88. The van der Waals surface area contributed by atoms with E-state index in [1.807, 2.05) is 38.1 Å². The van der Waals surface area contributed by atoms with Gasteiger partial charge in [0.05, 0.1) is 19.6 Å². The Morgan fingerprint density at radius 2 is 1.86 bits per heavy atom. The minimum atomic E-state index is -0.239. The van der Waals surface area contributed by atoms with Crippen LogP contribution in [-0.4, -0.2) is 17.0 Å². The van der Waals surface area contributed by atoms with Crippen molar-refractivity contribution in [3.63, 3.8) is 0 Å². The van der Waals surface area contributed by atoms with Gasteiger partial charge in [-0.2, -0.15) is 0 Å². The van der Waals surface area contributed by atoms with Gasteiger partial charge in [-0.05, 0) is 51.5 Å². The quantitative estimate of drug-likeness (QED) is 0.468. The summed E-state index contributed by atoms with van der Waals surface area (Å²) in [6.07, 6.45) is 4.28. The van der Waals surface area contributed by atoms with E-state index in [1.54, 1.807) is 0 Å². The average Bonchev–Trinajstić information content (AvgIpc) is 3.31. The highest BCUT2D eigenvalue weighted by Gasteiger charge is 2.33. The number of ketones is 1. The molecule has 1 aromatic heterocycles. The lowest BCUT2D eigenvalue weighted by Crippen LogP contribution is -2.44. The van der Waals surface area contributed by atoms with Gasteiger partial charge in [0.25, 0.3) is 5.82 Å². The number of aromatic nitrogens is 2. The van der Waals surface area contributed by atoms with E-state index in [4.69, 9.17) is 4.74 Å². The fourth-order valence-corrected chi connectivity index (χ4v) is 4.00. The Labute approximate surface area is 166 Å². The second-order valence-electron chi connectivity index (χ2n) is 7.46. The molecule has 1 aliphatic heterocycles. The molecule has 0 unspecified atom stereocenters. The molecule has 0 saturated heterocycles. The Balaban J connectivity index is 1.66. The Morgan fingerprint density at radius 3 is 2.54 bits per heavy atom. The molecular weight excluding hydrogens is 348 g/mol. The lowest BCUT2D eigenvalue weighted by Gasteiger charge is -2.10. The smallest absolute Gasteiger partial charge is 0.257 e. The van der Waals surface area contributed by atoms with Crippen molar-refractivity contribution in [2.45, 2.75) is 46.2 Å². The van der Waals surface area contributed by atoms with E-state index in [0.717, 1.165) is 30.7 Å². The van der Waals surface area contributed by atoms with Gasteiger partial charge < -0.3 is 4.74 Å². The summed E-state index contributed by atoms with van der Waals surface area (Å²) in [7, 11) is 0. The molecule has 2 aromatic carbocycles. The van der Waals surface area contributed by atoms with E-state index >= 15 is 0 Å². The highest BCUT2D eigenvalue weighted by Crippen LogP contribution is 2.26. The number of carbonyl (C=O) groups excluding carboxylic acids is 1. The number of aryl methyl sites for hydroxylation is 1. The fourth-order valence-electron chi connectivity index (χ4n) is 4.00. The molecule has 0 aliphatic carbocycles. The maximum Gasteiger partial charge on any atom is 0.257 e. The molecule has 0 radical (unpaired) electrons. The van der Waals surface area contributed by atoms with Crippen molar-refractivity contribution >= 4 is 5.78 Å². The maximum absolute atomic E-state index is 13.1. The van der Waals surface area contributed by atoms with E-state index < -0.39 is 0 Å². The molecule has 0 bridgehead atoms. The molecule has 0 N–H and O–H groups in total. The number of hydrogen-bond donors (Lipinski definition) is 0. The molecular formula is C24H27N2O2+. The van der Waals surface area contributed by atoms with Crippen molar-refractivity contribution in [2.75, 3.05) is 6.61 Å². The van der Waals surface area contributed by atoms with Crippen LogP contribution in [0.4, 0.5) is 0 Å². The monoisotopic (exact) mass is 375 g/mol. The van der Waals surface area contributed by atoms with Crippen LogP contribution in [0.15, 0.2) is 54.7 Å². The van der Waals surface area contributed by atoms with Crippen molar-refractivity contribution in [1.82, 2.24) is 4.57 Å². The van der Waals surface area contributed by atoms with Crippen molar-refractivity contribution < 1.29 is 14.1 Å². The summed E-state index contributed by atoms with van der Waals surface area (Å²) < 4.78 is 10.0. The zero-order chi connectivity index (χ0) is 19.7. The lowest BCUT2D eigenvalue weighted by atomic mass is 10.0. The molecule has 28 heavy (non-hydrogen) atoms. The first-order chi connectivity index (χ1) is 13.6. The molecule has 144 valence electrons. The first kappa shape index (κ1) is 18.5. The SMILES string of the molecule is CCOc1ccc(C(=O)[C@@H](C)[n+]2cc(-c3ccc(C)cc3)n3c2CCC3)cc1. The van der Waals surface area contributed by atoms with Crippen LogP contribution in [0.5, 0.6) is 5.75 Å². The van der Waals surface area contributed by atoms with Crippen LogP contribution < -0.4 is 9.30 Å². The number of hydrogen-bond acceptors (Lipinski definition) is 2.